The lowest BCUT2D eigenvalue weighted by Crippen LogP contribution is -2.46. The third-order valence-electron chi connectivity index (χ3n) is 7.41. The number of oxazole rings is 1. The van der Waals surface area contributed by atoms with Crippen LogP contribution in [-0.4, -0.2) is 50.5 Å². The molecule has 0 amide bonds. The molecule has 2 saturated heterocycles. The molecule has 0 radical (unpaired) electrons. The Morgan fingerprint density at radius 3 is 2.54 bits per heavy atom. The number of ketones is 1. The SMILES string of the molecule is Cc1nc(C=C(F)C2OC(=O)CCC(C)(C)C(=O)C(C)CC(C)CCCC3(C)OC3(O)C2O)co1. The lowest BCUT2D eigenvalue weighted by molar-refractivity contribution is -0.167. The van der Waals surface area contributed by atoms with Gasteiger partial charge in [0.1, 0.15) is 29.2 Å². The highest BCUT2D eigenvalue weighted by Crippen LogP contribution is 2.53. The van der Waals surface area contributed by atoms with E-state index in [-0.39, 0.29) is 36.2 Å². The summed E-state index contributed by atoms with van der Waals surface area (Å²) in [5.41, 5.74) is -1.76. The minimum atomic E-state index is -2.08. The molecule has 0 aliphatic carbocycles. The third kappa shape index (κ3) is 6.01. The molecule has 196 valence electrons. The molecule has 3 heterocycles. The molecule has 0 spiro atoms. The maximum atomic E-state index is 15.3. The smallest absolute Gasteiger partial charge is 0.306 e. The molecule has 2 fully saturated rings. The zero-order valence-electron chi connectivity index (χ0n) is 21.5. The van der Waals surface area contributed by atoms with Crippen LogP contribution in [0.4, 0.5) is 4.39 Å². The highest BCUT2D eigenvalue weighted by atomic mass is 19.1. The average molecular weight is 496 g/mol. The second-order valence-electron chi connectivity index (χ2n) is 11.1. The standard InChI is InChI=1S/C26H38FNO7/c1-15-8-7-10-25(6)26(32,35-25)23(31)21(19(27)13-18-14-33-17(3)28-18)34-20(29)9-11-24(4,5)22(30)16(2)12-15/h13-16,21,23,31-32H,7-12H2,1-6H3. The number of hydrogen-bond acceptors (Lipinski definition) is 8. The number of aromatic nitrogens is 1. The van der Waals surface area contributed by atoms with E-state index < -0.39 is 40.8 Å². The summed E-state index contributed by atoms with van der Waals surface area (Å²) in [4.78, 5) is 29.8. The van der Waals surface area contributed by atoms with Gasteiger partial charge in [0, 0.05) is 30.8 Å². The quantitative estimate of drug-likeness (QED) is 0.461. The van der Waals surface area contributed by atoms with Crippen molar-refractivity contribution in [2.45, 2.75) is 104 Å². The van der Waals surface area contributed by atoms with Gasteiger partial charge in [0.25, 0.3) is 0 Å². The number of aliphatic hydroxyl groups excluding tert-OH is 1. The summed E-state index contributed by atoms with van der Waals surface area (Å²) >= 11 is 0. The maximum Gasteiger partial charge on any atom is 0.306 e. The number of aliphatic hydroxyl groups is 2. The van der Waals surface area contributed by atoms with Crippen molar-refractivity contribution < 1.29 is 38.1 Å². The maximum absolute atomic E-state index is 15.3. The molecule has 3 rings (SSSR count). The number of ether oxygens (including phenoxy) is 2. The number of Topliss-reactive ketones (excluding diaryl/α,β-unsaturated/α-hetero) is 1. The van der Waals surface area contributed by atoms with Crippen LogP contribution in [0.2, 0.25) is 0 Å². The van der Waals surface area contributed by atoms with Gasteiger partial charge < -0.3 is 24.1 Å². The van der Waals surface area contributed by atoms with E-state index in [4.69, 9.17) is 13.9 Å². The minimum Gasteiger partial charge on any atom is -0.452 e. The summed E-state index contributed by atoms with van der Waals surface area (Å²) in [7, 11) is 0. The Morgan fingerprint density at radius 2 is 1.91 bits per heavy atom. The van der Waals surface area contributed by atoms with Gasteiger partial charge >= 0.3 is 5.97 Å². The van der Waals surface area contributed by atoms with Crippen LogP contribution < -0.4 is 0 Å². The molecular weight excluding hydrogens is 457 g/mol. The molecule has 1 aromatic heterocycles. The van der Waals surface area contributed by atoms with E-state index in [1.54, 1.807) is 27.7 Å². The Hall–Kier alpha value is -2.10. The number of nitrogens with zero attached hydrogens (tertiary/aromatic N) is 1. The van der Waals surface area contributed by atoms with Gasteiger partial charge in [0.15, 0.2) is 18.1 Å². The van der Waals surface area contributed by atoms with Crippen LogP contribution in [0.5, 0.6) is 0 Å². The summed E-state index contributed by atoms with van der Waals surface area (Å²) in [5, 5.41) is 22.0. The fourth-order valence-corrected chi connectivity index (χ4v) is 5.09. The number of fused-ring (bicyclic) bond motifs is 1. The van der Waals surface area contributed by atoms with Gasteiger partial charge in [-0.25, -0.2) is 9.37 Å². The first-order valence-electron chi connectivity index (χ1n) is 12.3. The van der Waals surface area contributed by atoms with Gasteiger partial charge in [0.2, 0.25) is 5.79 Å². The van der Waals surface area contributed by atoms with Gasteiger partial charge in [-0.3, -0.25) is 9.59 Å². The lowest BCUT2D eigenvalue weighted by atomic mass is 9.75. The average Bonchev–Trinajstić information content (AvgIpc) is 3.09. The third-order valence-corrected chi connectivity index (χ3v) is 7.41. The Kier molecular flexibility index (Phi) is 7.94. The fraction of sp³-hybridized carbons (Fsp3) is 0.731. The van der Waals surface area contributed by atoms with Crippen molar-refractivity contribution in [3.63, 3.8) is 0 Å². The van der Waals surface area contributed by atoms with E-state index in [1.807, 2.05) is 6.92 Å². The Balaban J connectivity index is 1.90. The Bertz CT molecular complexity index is 973. The number of rotatable bonds is 2. The predicted octanol–water partition coefficient (Wildman–Crippen LogP) is 4.27. The van der Waals surface area contributed by atoms with Crippen LogP contribution in [0.3, 0.4) is 0 Å². The normalized spacial score (nSPS) is 37.5. The van der Waals surface area contributed by atoms with E-state index in [1.165, 1.54) is 6.26 Å². The second kappa shape index (κ2) is 10.1. The highest BCUT2D eigenvalue weighted by molar-refractivity contribution is 5.86. The molecule has 8 nitrogen and oxygen atoms in total. The molecule has 6 unspecified atom stereocenters. The van der Waals surface area contributed by atoms with Crippen LogP contribution in [0.1, 0.15) is 84.7 Å². The second-order valence-corrected chi connectivity index (χ2v) is 11.1. The molecule has 2 N–H and O–H groups in total. The van der Waals surface area contributed by atoms with E-state index in [9.17, 15) is 19.8 Å². The topological polar surface area (TPSA) is 122 Å². The van der Waals surface area contributed by atoms with Gasteiger partial charge in [-0.05, 0) is 32.1 Å². The molecule has 2 aliphatic heterocycles. The predicted molar refractivity (Wildman–Crippen MR) is 125 cm³/mol. The summed E-state index contributed by atoms with van der Waals surface area (Å²) in [6, 6.07) is 0. The zero-order valence-corrected chi connectivity index (χ0v) is 21.5. The molecular formula is C26H38FNO7. The molecule has 2 aliphatic rings. The van der Waals surface area contributed by atoms with Crippen LogP contribution in [-0.2, 0) is 19.1 Å². The first kappa shape index (κ1) is 27.5. The summed E-state index contributed by atoms with van der Waals surface area (Å²) in [6.45, 7) is 10.8. The minimum absolute atomic E-state index is 0.0696. The van der Waals surface area contributed by atoms with E-state index in [2.05, 4.69) is 11.9 Å². The molecule has 35 heavy (non-hydrogen) atoms. The molecule has 6 atom stereocenters. The van der Waals surface area contributed by atoms with Crippen LogP contribution >= 0.6 is 0 Å². The number of hydrogen-bond donors (Lipinski definition) is 2. The number of epoxide rings is 1. The molecule has 0 saturated carbocycles. The monoisotopic (exact) mass is 495 g/mol. The summed E-state index contributed by atoms with van der Waals surface area (Å²) in [5.74, 6) is -3.41. The van der Waals surface area contributed by atoms with Crippen molar-refractivity contribution in [1.29, 1.82) is 0 Å². The van der Waals surface area contributed by atoms with Crippen molar-refractivity contribution in [1.82, 2.24) is 4.98 Å². The van der Waals surface area contributed by atoms with Gasteiger partial charge in [0.05, 0.1) is 0 Å². The number of aryl methyl sites for hydroxylation is 1. The highest BCUT2D eigenvalue weighted by Gasteiger charge is 2.72. The Labute approximate surface area is 205 Å². The number of carbonyl (C=O) groups excluding carboxylic acids is 2. The summed E-state index contributed by atoms with van der Waals surface area (Å²) < 4.78 is 31.3. The largest absolute Gasteiger partial charge is 0.452 e. The Morgan fingerprint density at radius 1 is 1.23 bits per heavy atom. The van der Waals surface area contributed by atoms with Crippen molar-refractivity contribution >= 4 is 17.8 Å². The van der Waals surface area contributed by atoms with Gasteiger partial charge in [-0.2, -0.15) is 0 Å². The first-order chi connectivity index (χ1) is 16.2. The first-order valence-corrected chi connectivity index (χ1v) is 12.3. The number of cyclic esters (lactones) is 1. The molecule has 0 bridgehead atoms. The van der Waals surface area contributed by atoms with Crippen molar-refractivity contribution in [3.05, 3.63) is 23.7 Å². The van der Waals surface area contributed by atoms with Crippen LogP contribution in [0.15, 0.2) is 16.5 Å². The van der Waals surface area contributed by atoms with Crippen molar-refractivity contribution in [3.8, 4) is 0 Å². The van der Waals surface area contributed by atoms with E-state index >= 15 is 4.39 Å². The number of esters is 1. The lowest BCUT2D eigenvalue weighted by Gasteiger charge is -2.29. The van der Waals surface area contributed by atoms with Gasteiger partial charge in [-0.1, -0.05) is 40.5 Å². The zero-order chi connectivity index (χ0) is 26.2. The van der Waals surface area contributed by atoms with Crippen molar-refractivity contribution in [2.75, 3.05) is 0 Å². The van der Waals surface area contributed by atoms with Crippen LogP contribution in [0, 0.1) is 24.2 Å². The van der Waals surface area contributed by atoms with E-state index in [0.717, 1.165) is 18.9 Å². The molecule has 9 heteroatoms. The van der Waals surface area contributed by atoms with Crippen molar-refractivity contribution in [2.24, 2.45) is 17.3 Å². The molecule has 1 aromatic rings. The van der Waals surface area contributed by atoms with Gasteiger partial charge in [-0.15, -0.1) is 0 Å². The van der Waals surface area contributed by atoms with Crippen LogP contribution in [0.25, 0.3) is 6.08 Å². The summed E-state index contributed by atoms with van der Waals surface area (Å²) in [6.07, 6.45) is 1.17. The molecule has 0 aromatic carbocycles. The fourth-order valence-electron chi connectivity index (χ4n) is 5.09. The number of halogens is 1. The number of carbonyl (C=O) groups is 2. The van der Waals surface area contributed by atoms with E-state index in [0.29, 0.717) is 18.7 Å².